The molecular weight excluding hydrogens is 252 g/mol. The van der Waals surface area contributed by atoms with Gasteiger partial charge in [-0.05, 0) is 34.6 Å². The Labute approximate surface area is 109 Å². The summed E-state index contributed by atoms with van der Waals surface area (Å²) >= 11 is 0. The number of hydrogen-bond donors (Lipinski definition) is 2. The lowest BCUT2D eigenvalue weighted by atomic mass is 9.99. The van der Waals surface area contributed by atoms with Crippen molar-refractivity contribution < 1.29 is 8.42 Å². The highest BCUT2D eigenvalue weighted by Gasteiger charge is 2.32. The Morgan fingerprint density at radius 3 is 2.22 bits per heavy atom. The number of aromatic nitrogens is 2. The highest BCUT2D eigenvalue weighted by molar-refractivity contribution is 7.89. The van der Waals surface area contributed by atoms with Crippen molar-refractivity contribution in [2.24, 2.45) is 12.8 Å². The van der Waals surface area contributed by atoms with Crippen LogP contribution in [0.15, 0.2) is 4.90 Å². The first-order chi connectivity index (χ1) is 7.99. The molecule has 0 fully saturated rings. The molecule has 7 heteroatoms. The van der Waals surface area contributed by atoms with Gasteiger partial charge >= 0.3 is 0 Å². The average molecular weight is 274 g/mol. The Morgan fingerprint density at radius 2 is 1.89 bits per heavy atom. The lowest BCUT2D eigenvalue weighted by molar-refractivity contribution is 0.387. The van der Waals surface area contributed by atoms with Gasteiger partial charge in [0.2, 0.25) is 10.0 Å². The zero-order chi connectivity index (χ0) is 14.3. The molecule has 1 heterocycles. The van der Waals surface area contributed by atoms with Crippen molar-refractivity contribution in [1.29, 1.82) is 0 Å². The van der Waals surface area contributed by atoms with E-state index in [4.69, 9.17) is 5.73 Å². The maximum Gasteiger partial charge on any atom is 0.244 e. The maximum atomic E-state index is 12.4. The molecule has 1 rings (SSSR count). The van der Waals surface area contributed by atoms with Crippen molar-refractivity contribution in [1.82, 2.24) is 14.5 Å². The number of nitrogens with one attached hydrogen (secondary N) is 1. The predicted molar refractivity (Wildman–Crippen MR) is 70.7 cm³/mol. The molecule has 0 amide bonds. The van der Waals surface area contributed by atoms with E-state index in [0.29, 0.717) is 11.4 Å². The van der Waals surface area contributed by atoms with Crippen LogP contribution in [0.25, 0.3) is 0 Å². The second-order valence-corrected chi connectivity index (χ2v) is 6.86. The first kappa shape index (κ1) is 15.1. The summed E-state index contributed by atoms with van der Waals surface area (Å²) < 4.78 is 29.0. The van der Waals surface area contributed by atoms with E-state index in [-0.39, 0.29) is 10.9 Å². The summed E-state index contributed by atoms with van der Waals surface area (Å²) in [6.07, 6.45) is 0. The Hall–Kier alpha value is -0.920. The van der Waals surface area contributed by atoms with E-state index in [9.17, 15) is 8.42 Å². The summed E-state index contributed by atoms with van der Waals surface area (Å²) in [5, 5.41) is 4.12. The smallest absolute Gasteiger partial charge is 0.244 e. The van der Waals surface area contributed by atoms with Crippen molar-refractivity contribution in [3.05, 3.63) is 11.4 Å². The first-order valence-electron chi connectivity index (χ1n) is 5.79. The molecule has 0 aliphatic heterocycles. The van der Waals surface area contributed by atoms with Crippen LogP contribution in [-0.2, 0) is 17.1 Å². The topological polar surface area (TPSA) is 90.0 Å². The summed E-state index contributed by atoms with van der Waals surface area (Å²) in [6.45, 7) is 8.70. The molecule has 0 spiro atoms. The molecule has 0 aliphatic carbocycles. The zero-order valence-corrected chi connectivity index (χ0v) is 12.6. The molecule has 1 aromatic heterocycles. The summed E-state index contributed by atoms with van der Waals surface area (Å²) in [7, 11) is -1.90. The van der Waals surface area contributed by atoms with Gasteiger partial charge in [0, 0.05) is 18.6 Å². The minimum atomic E-state index is -3.62. The highest BCUT2D eigenvalue weighted by atomic mass is 32.2. The van der Waals surface area contributed by atoms with Gasteiger partial charge in [-0.3, -0.25) is 4.68 Å². The third kappa shape index (κ3) is 2.73. The predicted octanol–water partition coefficient (Wildman–Crippen LogP) is 0.441. The number of sulfonamides is 1. The Balaban J connectivity index is 3.24. The lowest BCUT2D eigenvalue weighted by Gasteiger charge is -2.29. The van der Waals surface area contributed by atoms with Gasteiger partial charge in [0.25, 0.3) is 0 Å². The molecule has 0 aromatic carbocycles. The molecular formula is C11H22N4O2S. The van der Waals surface area contributed by atoms with Crippen LogP contribution in [-0.4, -0.2) is 29.8 Å². The monoisotopic (exact) mass is 274 g/mol. The van der Waals surface area contributed by atoms with E-state index >= 15 is 0 Å². The number of rotatable bonds is 4. The van der Waals surface area contributed by atoms with E-state index in [2.05, 4.69) is 9.82 Å². The number of hydrogen-bond acceptors (Lipinski definition) is 4. The molecule has 0 bridgehead atoms. The van der Waals surface area contributed by atoms with Crippen molar-refractivity contribution in [2.75, 3.05) is 0 Å². The fourth-order valence-corrected chi connectivity index (χ4v) is 3.56. The van der Waals surface area contributed by atoms with Crippen LogP contribution in [0.3, 0.4) is 0 Å². The molecule has 104 valence electrons. The minimum absolute atomic E-state index is 0.235. The quantitative estimate of drug-likeness (QED) is 0.833. The van der Waals surface area contributed by atoms with Crippen LogP contribution < -0.4 is 10.5 Å². The Bertz CT molecular complexity index is 544. The van der Waals surface area contributed by atoms with Crippen molar-refractivity contribution >= 4 is 10.0 Å². The molecule has 1 atom stereocenters. The van der Waals surface area contributed by atoms with Crippen molar-refractivity contribution in [3.8, 4) is 0 Å². The van der Waals surface area contributed by atoms with Crippen molar-refractivity contribution in [3.63, 3.8) is 0 Å². The van der Waals surface area contributed by atoms with E-state index < -0.39 is 15.6 Å². The van der Waals surface area contributed by atoms with Gasteiger partial charge < -0.3 is 5.73 Å². The van der Waals surface area contributed by atoms with Gasteiger partial charge in [-0.1, -0.05) is 0 Å². The Morgan fingerprint density at radius 1 is 1.39 bits per heavy atom. The van der Waals surface area contributed by atoms with Crippen LogP contribution in [0.2, 0.25) is 0 Å². The lowest BCUT2D eigenvalue weighted by Crippen LogP contribution is -2.54. The zero-order valence-electron chi connectivity index (χ0n) is 11.8. The molecule has 1 aromatic rings. The second-order valence-electron chi connectivity index (χ2n) is 5.24. The van der Waals surface area contributed by atoms with Gasteiger partial charge in [-0.25, -0.2) is 13.1 Å². The second kappa shape index (κ2) is 4.64. The van der Waals surface area contributed by atoms with Crippen LogP contribution >= 0.6 is 0 Å². The number of nitrogens with zero attached hydrogens (tertiary/aromatic N) is 2. The SMILES string of the molecule is Cc1nn(C)c(C)c1S(=O)(=O)NC(C)(C)C(C)N. The van der Waals surface area contributed by atoms with Crippen LogP contribution in [0.4, 0.5) is 0 Å². The van der Waals surface area contributed by atoms with Crippen LogP contribution in [0, 0.1) is 13.8 Å². The minimum Gasteiger partial charge on any atom is -0.326 e. The van der Waals surface area contributed by atoms with Crippen LogP contribution in [0.5, 0.6) is 0 Å². The summed E-state index contributed by atoms with van der Waals surface area (Å²) in [6, 6.07) is -0.301. The molecule has 0 radical (unpaired) electrons. The van der Waals surface area contributed by atoms with Gasteiger partial charge in [0.15, 0.2) is 0 Å². The van der Waals surface area contributed by atoms with Crippen LogP contribution in [0.1, 0.15) is 32.2 Å². The fraction of sp³-hybridized carbons (Fsp3) is 0.727. The fourth-order valence-electron chi connectivity index (χ4n) is 1.63. The molecule has 18 heavy (non-hydrogen) atoms. The molecule has 0 saturated heterocycles. The maximum absolute atomic E-state index is 12.4. The summed E-state index contributed by atoms with van der Waals surface area (Å²) in [5.41, 5.74) is 6.17. The molecule has 3 N–H and O–H groups in total. The third-order valence-electron chi connectivity index (χ3n) is 3.25. The van der Waals surface area contributed by atoms with Crippen molar-refractivity contribution in [2.45, 2.75) is 51.1 Å². The average Bonchev–Trinajstić information content (AvgIpc) is 2.38. The first-order valence-corrected chi connectivity index (χ1v) is 7.27. The molecule has 0 aliphatic rings. The molecule has 1 unspecified atom stereocenters. The molecule has 0 saturated carbocycles. The molecule has 6 nitrogen and oxygen atoms in total. The van der Waals surface area contributed by atoms with Gasteiger partial charge in [0.1, 0.15) is 4.90 Å². The van der Waals surface area contributed by atoms with Gasteiger partial charge in [-0.15, -0.1) is 0 Å². The standard InChI is InChI=1S/C11H22N4O2S/c1-7-10(8(2)15(6)13-7)18(16,17)14-11(4,5)9(3)12/h9,14H,12H2,1-6H3. The van der Waals surface area contributed by atoms with Gasteiger partial charge in [0.05, 0.1) is 11.4 Å². The normalized spacial score (nSPS) is 14.8. The largest absolute Gasteiger partial charge is 0.326 e. The Kier molecular flexibility index (Phi) is 3.90. The highest BCUT2D eigenvalue weighted by Crippen LogP contribution is 2.21. The number of nitrogens with two attached hydrogens (primary N) is 1. The van der Waals surface area contributed by atoms with E-state index in [1.165, 1.54) is 0 Å². The van der Waals surface area contributed by atoms with E-state index in [1.807, 2.05) is 0 Å². The number of aryl methyl sites for hydroxylation is 2. The third-order valence-corrected chi connectivity index (χ3v) is 5.17. The summed E-state index contributed by atoms with van der Waals surface area (Å²) in [4.78, 5) is 0.235. The summed E-state index contributed by atoms with van der Waals surface area (Å²) in [5.74, 6) is 0. The van der Waals surface area contributed by atoms with E-state index in [1.54, 1.807) is 46.3 Å². The van der Waals surface area contributed by atoms with E-state index in [0.717, 1.165) is 0 Å². The van der Waals surface area contributed by atoms with Gasteiger partial charge in [-0.2, -0.15) is 5.10 Å².